The molecule has 0 aliphatic heterocycles. The summed E-state index contributed by atoms with van der Waals surface area (Å²) in [7, 11) is 0. The summed E-state index contributed by atoms with van der Waals surface area (Å²) >= 11 is 17.6. The van der Waals surface area contributed by atoms with Gasteiger partial charge in [0, 0.05) is 10.0 Å². The third-order valence-corrected chi connectivity index (χ3v) is 4.39. The Bertz CT molecular complexity index is 635. The fraction of sp³-hybridized carbons (Fsp3) is 0.556. The van der Waals surface area contributed by atoms with Gasteiger partial charge in [0.15, 0.2) is 0 Å². The highest BCUT2D eigenvalue weighted by Gasteiger charge is 2.24. The standard InChI is InChI=1S/C18H26Cl2N2O3S/c1-5-6-14(22-17(24)25-18(2,3)4)16(26)21-15(10-23)12-8-7-11(19)9-13(12)20/h7-9,14-15,23H,5-6,10H2,1-4H3,(H,21,26)(H,22,24). The molecule has 1 aromatic rings. The van der Waals surface area contributed by atoms with E-state index >= 15 is 0 Å². The van der Waals surface area contributed by atoms with Crippen LogP contribution in [0.15, 0.2) is 18.2 Å². The van der Waals surface area contributed by atoms with Crippen LogP contribution in [0.5, 0.6) is 0 Å². The van der Waals surface area contributed by atoms with Crippen LogP contribution in [-0.4, -0.2) is 34.4 Å². The molecule has 1 aromatic carbocycles. The molecule has 0 radical (unpaired) electrons. The molecular weight excluding hydrogens is 395 g/mol. The number of carbonyl (C=O) groups is 1. The average Bonchev–Trinajstić information content (AvgIpc) is 2.50. The zero-order valence-electron chi connectivity index (χ0n) is 15.4. The van der Waals surface area contributed by atoms with Gasteiger partial charge in [0.2, 0.25) is 0 Å². The Kier molecular flexibility index (Phi) is 9.10. The quantitative estimate of drug-likeness (QED) is 0.560. The zero-order chi connectivity index (χ0) is 19.9. The van der Waals surface area contributed by atoms with Gasteiger partial charge in [-0.1, -0.05) is 54.8 Å². The topological polar surface area (TPSA) is 70.6 Å². The predicted octanol–water partition coefficient (Wildman–Crippen LogP) is 4.64. The van der Waals surface area contributed by atoms with Crippen LogP contribution in [0, 0.1) is 0 Å². The first-order valence-corrected chi connectivity index (χ1v) is 9.59. The molecule has 3 N–H and O–H groups in total. The minimum Gasteiger partial charge on any atom is -0.444 e. The Morgan fingerprint density at radius 2 is 1.96 bits per heavy atom. The van der Waals surface area contributed by atoms with Crippen LogP contribution in [0.4, 0.5) is 4.79 Å². The van der Waals surface area contributed by atoms with Crippen molar-refractivity contribution < 1.29 is 14.6 Å². The van der Waals surface area contributed by atoms with Gasteiger partial charge in [0.1, 0.15) is 5.60 Å². The van der Waals surface area contributed by atoms with Crippen LogP contribution in [0.1, 0.15) is 52.1 Å². The number of benzene rings is 1. The molecule has 0 spiro atoms. The third kappa shape index (κ3) is 7.66. The number of aliphatic hydroxyl groups excluding tert-OH is 1. The van der Waals surface area contributed by atoms with Gasteiger partial charge in [0.25, 0.3) is 0 Å². The van der Waals surface area contributed by atoms with Crippen molar-refractivity contribution in [1.29, 1.82) is 0 Å². The molecule has 0 fully saturated rings. The van der Waals surface area contributed by atoms with E-state index < -0.39 is 23.8 Å². The number of halogens is 2. The smallest absolute Gasteiger partial charge is 0.408 e. The van der Waals surface area contributed by atoms with Gasteiger partial charge in [-0.3, -0.25) is 0 Å². The van der Waals surface area contributed by atoms with E-state index in [1.54, 1.807) is 39.0 Å². The van der Waals surface area contributed by atoms with E-state index in [-0.39, 0.29) is 6.61 Å². The third-order valence-electron chi connectivity index (χ3n) is 3.42. The molecule has 8 heteroatoms. The first-order chi connectivity index (χ1) is 12.1. The number of rotatable bonds is 7. The van der Waals surface area contributed by atoms with Crippen molar-refractivity contribution in [2.24, 2.45) is 0 Å². The molecule has 0 aromatic heterocycles. The predicted molar refractivity (Wildman–Crippen MR) is 110 cm³/mol. The molecule has 0 heterocycles. The first-order valence-electron chi connectivity index (χ1n) is 8.43. The molecule has 0 aliphatic rings. The molecule has 0 aliphatic carbocycles. The minimum absolute atomic E-state index is 0.216. The Morgan fingerprint density at radius 3 is 2.46 bits per heavy atom. The molecule has 0 saturated carbocycles. The maximum Gasteiger partial charge on any atom is 0.408 e. The van der Waals surface area contributed by atoms with Gasteiger partial charge < -0.3 is 20.5 Å². The van der Waals surface area contributed by atoms with Crippen molar-refractivity contribution in [3.63, 3.8) is 0 Å². The SMILES string of the molecule is CCCC(NC(=O)OC(C)(C)C)C(=S)NC(CO)c1ccc(Cl)cc1Cl. The second kappa shape index (κ2) is 10.3. The molecule has 1 rings (SSSR count). The lowest BCUT2D eigenvalue weighted by Crippen LogP contribution is -2.48. The lowest BCUT2D eigenvalue weighted by Gasteiger charge is -2.27. The molecular formula is C18H26Cl2N2O3S. The van der Waals surface area contributed by atoms with E-state index in [4.69, 9.17) is 40.2 Å². The van der Waals surface area contributed by atoms with E-state index in [1.165, 1.54) is 0 Å². The van der Waals surface area contributed by atoms with E-state index in [1.807, 2.05) is 6.92 Å². The maximum atomic E-state index is 12.1. The second-order valence-electron chi connectivity index (χ2n) is 6.90. The minimum atomic E-state index is -0.597. The largest absolute Gasteiger partial charge is 0.444 e. The van der Waals surface area contributed by atoms with Crippen LogP contribution >= 0.6 is 35.4 Å². The van der Waals surface area contributed by atoms with Gasteiger partial charge in [-0.25, -0.2) is 4.79 Å². The molecule has 0 bridgehead atoms. The highest BCUT2D eigenvalue weighted by atomic mass is 35.5. The van der Waals surface area contributed by atoms with Crippen molar-refractivity contribution in [3.05, 3.63) is 33.8 Å². The van der Waals surface area contributed by atoms with Crippen molar-refractivity contribution in [2.45, 2.75) is 58.2 Å². The van der Waals surface area contributed by atoms with Crippen molar-refractivity contribution in [3.8, 4) is 0 Å². The Labute approximate surface area is 170 Å². The first kappa shape index (κ1) is 23.0. The van der Waals surface area contributed by atoms with Gasteiger partial charge in [0.05, 0.1) is 23.7 Å². The molecule has 146 valence electrons. The van der Waals surface area contributed by atoms with E-state index in [0.29, 0.717) is 27.0 Å². The number of hydrogen-bond donors (Lipinski definition) is 3. The number of hydrogen-bond acceptors (Lipinski definition) is 4. The fourth-order valence-electron chi connectivity index (χ4n) is 2.29. The Hall–Kier alpha value is -1.08. The normalized spacial score (nSPS) is 13.7. The number of alkyl carbamates (subject to hydrolysis) is 1. The number of aliphatic hydroxyl groups is 1. The molecule has 2 atom stereocenters. The van der Waals surface area contributed by atoms with Crippen molar-refractivity contribution in [2.75, 3.05) is 6.61 Å². The van der Waals surface area contributed by atoms with Gasteiger partial charge in [-0.2, -0.15) is 0 Å². The van der Waals surface area contributed by atoms with E-state index in [2.05, 4.69) is 10.6 Å². The lowest BCUT2D eigenvalue weighted by atomic mass is 10.1. The monoisotopic (exact) mass is 420 g/mol. The van der Waals surface area contributed by atoms with E-state index in [9.17, 15) is 9.90 Å². The van der Waals surface area contributed by atoms with Crippen LogP contribution in [0.3, 0.4) is 0 Å². The number of ether oxygens (including phenoxy) is 1. The molecule has 2 unspecified atom stereocenters. The summed E-state index contributed by atoms with van der Waals surface area (Å²) in [6, 6.07) is 4.11. The fourth-order valence-corrected chi connectivity index (χ4v) is 3.14. The maximum absolute atomic E-state index is 12.1. The number of carbonyl (C=O) groups excluding carboxylic acids is 1. The Morgan fingerprint density at radius 1 is 1.31 bits per heavy atom. The second-order valence-corrected chi connectivity index (χ2v) is 8.18. The van der Waals surface area contributed by atoms with Crippen molar-refractivity contribution in [1.82, 2.24) is 10.6 Å². The number of thiocarbonyl (C=S) groups is 1. The van der Waals surface area contributed by atoms with Gasteiger partial charge >= 0.3 is 6.09 Å². The number of amides is 1. The van der Waals surface area contributed by atoms with Crippen LogP contribution in [-0.2, 0) is 4.74 Å². The zero-order valence-corrected chi connectivity index (χ0v) is 17.8. The number of nitrogens with one attached hydrogen (secondary N) is 2. The summed E-state index contributed by atoms with van der Waals surface area (Å²) in [5, 5.41) is 16.5. The molecule has 1 amide bonds. The summed E-state index contributed by atoms with van der Waals surface area (Å²) in [6.07, 6.45) is 0.913. The summed E-state index contributed by atoms with van der Waals surface area (Å²) < 4.78 is 5.29. The summed E-state index contributed by atoms with van der Waals surface area (Å²) in [5.41, 5.74) is 0.0776. The summed E-state index contributed by atoms with van der Waals surface area (Å²) in [5.74, 6) is 0. The summed E-state index contributed by atoms with van der Waals surface area (Å²) in [6.45, 7) is 7.16. The van der Waals surface area contributed by atoms with Gasteiger partial charge in [-0.15, -0.1) is 0 Å². The van der Waals surface area contributed by atoms with Crippen LogP contribution in [0.25, 0.3) is 0 Å². The highest BCUT2D eigenvalue weighted by Crippen LogP contribution is 2.26. The van der Waals surface area contributed by atoms with E-state index in [0.717, 1.165) is 6.42 Å². The van der Waals surface area contributed by atoms with Crippen LogP contribution in [0.2, 0.25) is 10.0 Å². The highest BCUT2D eigenvalue weighted by molar-refractivity contribution is 7.80. The van der Waals surface area contributed by atoms with Crippen molar-refractivity contribution >= 4 is 46.5 Å². The molecule has 26 heavy (non-hydrogen) atoms. The average molecular weight is 421 g/mol. The van der Waals surface area contributed by atoms with Gasteiger partial charge in [-0.05, 0) is 44.9 Å². The summed E-state index contributed by atoms with van der Waals surface area (Å²) in [4.78, 5) is 12.5. The lowest BCUT2D eigenvalue weighted by molar-refractivity contribution is 0.0516. The molecule has 5 nitrogen and oxygen atoms in total. The van der Waals surface area contributed by atoms with Crippen LogP contribution < -0.4 is 10.6 Å². The Balaban J connectivity index is 2.85. The molecule has 0 saturated heterocycles.